The minimum absolute atomic E-state index is 0.115. The van der Waals surface area contributed by atoms with Crippen molar-refractivity contribution in [3.63, 3.8) is 0 Å². The highest BCUT2D eigenvalue weighted by atomic mass is 16.5. The largest absolute Gasteiger partial charge is 0.497 e. The summed E-state index contributed by atoms with van der Waals surface area (Å²) in [5.41, 5.74) is 3.96. The number of amides is 2. The molecule has 0 aromatic heterocycles. The number of rotatable bonds is 11. The SMILES string of the molecule is COc1cccc(C(=O)Nc2ccc(N3CCC(Cc4ccccc4)CC3)c(C(=O)NCCCN3CCOCC3)c2)c1. The highest BCUT2D eigenvalue weighted by Crippen LogP contribution is 2.30. The van der Waals surface area contributed by atoms with Crippen LogP contribution in [0.3, 0.4) is 0 Å². The fraction of sp³-hybridized carbons (Fsp3) is 0.412. The van der Waals surface area contributed by atoms with Gasteiger partial charge in [0.2, 0.25) is 0 Å². The molecule has 0 bridgehead atoms. The standard InChI is InChI=1S/C34H42N4O4/c1-41-30-10-5-9-28(24-30)33(39)36-29-11-12-32(38-17-13-27(14-18-38)23-26-7-3-2-4-8-26)31(25-29)34(40)35-15-6-16-37-19-21-42-22-20-37/h2-5,7-12,24-25,27H,6,13-23H2,1H3,(H,35,40)(H,36,39). The zero-order valence-corrected chi connectivity index (χ0v) is 24.5. The van der Waals surface area contributed by atoms with Gasteiger partial charge in [-0.25, -0.2) is 0 Å². The first kappa shape index (κ1) is 29.6. The van der Waals surface area contributed by atoms with Gasteiger partial charge in [0.05, 0.1) is 25.9 Å². The summed E-state index contributed by atoms with van der Waals surface area (Å²) in [6.07, 6.45) is 4.10. The van der Waals surface area contributed by atoms with Crippen molar-refractivity contribution in [1.29, 1.82) is 0 Å². The molecule has 42 heavy (non-hydrogen) atoms. The summed E-state index contributed by atoms with van der Waals surface area (Å²) in [4.78, 5) is 31.2. The maximum atomic E-state index is 13.6. The highest BCUT2D eigenvalue weighted by molar-refractivity contribution is 6.06. The second-order valence-corrected chi connectivity index (χ2v) is 11.1. The van der Waals surface area contributed by atoms with E-state index in [2.05, 4.69) is 50.8 Å². The van der Waals surface area contributed by atoms with E-state index < -0.39 is 0 Å². The maximum absolute atomic E-state index is 13.6. The molecule has 0 atom stereocenters. The van der Waals surface area contributed by atoms with Gasteiger partial charge in [0, 0.05) is 49.7 Å². The van der Waals surface area contributed by atoms with Crippen LogP contribution in [0.15, 0.2) is 72.8 Å². The molecule has 0 radical (unpaired) electrons. The van der Waals surface area contributed by atoms with Crippen molar-refractivity contribution >= 4 is 23.2 Å². The van der Waals surface area contributed by atoms with Gasteiger partial charge in [-0.2, -0.15) is 0 Å². The maximum Gasteiger partial charge on any atom is 0.255 e. The Morgan fingerprint density at radius 2 is 1.69 bits per heavy atom. The van der Waals surface area contributed by atoms with E-state index in [0.29, 0.717) is 35.0 Å². The summed E-state index contributed by atoms with van der Waals surface area (Å²) in [5, 5.41) is 6.10. The van der Waals surface area contributed by atoms with E-state index in [1.165, 1.54) is 5.56 Å². The van der Waals surface area contributed by atoms with E-state index in [-0.39, 0.29) is 11.8 Å². The predicted octanol–water partition coefficient (Wildman–Crippen LogP) is 4.86. The molecule has 2 heterocycles. The lowest BCUT2D eigenvalue weighted by Crippen LogP contribution is -2.38. The number of morpholine rings is 1. The first-order chi connectivity index (χ1) is 20.6. The number of nitrogens with zero attached hydrogens (tertiary/aromatic N) is 2. The van der Waals surface area contributed by atoms with Crippen molar-refractivity contribution in [2.24, 2.45) is 5.92 Å². The Balaban J connectivity index is 1.26. The molecular weight excluding hydrogens is 528 g/mol. The van der Waals surface area contributed by atoms with Crippen molar-refractivity contribution in [3.8, 4) is 5.75 Å². The highest BCUT2D eigenvalue weighted by Gasteiger charge is 2.24. The molecule has 2 saturated heterocycles. The minimum Gasteiger partial charge on any atom is -0.497 e. The van der Waals surface area contributed by atoms with Crippen LogP contribution < -0.4 is 20.3 Å². The van der Waals surface area contributed by atoms with Crippen molar-refractivity contribution < 1.29 is 19.1 Å². The van der Waals surface area contributed by atoms with Gasteiger partial charge in [-0.1, -0.05) is 36.4 Å². The smallest absolute Gasteiger partial charge is 0.255 e. The number of nitrogens with one attached hydrogen (secondary N) is 2. The molecule has 2 N–H and O–H groups in total. The van der Waals surface area contributed by atoms with Crippen LogP contribution in [0.1, 0.15) is 45.5 Å². The first-order valence-electron chi connectivity index (χ1n) is 15.1. The van der Waals surface area contributed by atoms with Gasteiger partial charge in [0.15, 0.2) is 0 Å². The van der Waals surface area contributed by atoms with Crippen LogP contribution in [-0.2, 0) is 11.2 Å². The zero-order valence-electron chi connectivity index (χ0n) is 24.5. The molecule has 2 fully saturated rings. The Hall–Kier alpha value is -3.88. The molecule has 0 saturated carbocycles. The van der Waals surface area contributed by atoms with Crippen LogP contribution in [0.2, 0.25) is 0 Å². The van der Waals surface area contributed by atoms with Gasteiger partial charge in [-0.15, -0.1) is 0 Å². The first-order valence-corrected chi connectivity index (χ1v) is 15.1. The average Bonchev–Trinajstić information content (AvgIpc) is 3.04. The van der Waals surface area contributed by atoms with E-state index in [0.717, 1.165) is 77.3 Å². The van der Waals surface area contributed by atoms with Crippen molar-refractivity contribution in [2.75, 3.05) is 69.8 Å². The number of ether oxygens (including phenoxy) is 2. The average molecular weight is 571 g/mol. The summed E-state index contributed by atoms with van der Waals surface area (Å²) < 4.78 is 10.7. The van der Waals surface area contributed by atoms with Gasteiger partial charge in [-0.05, 0) is 80.1 Å². The van der Waals surface area contributed by atoms with Crippen LogP contribution >= 0.6 is 0 Å². The number of anilines is 2. The molecule has 0 spiro atoms. The third kappa shape index (κ3) is 8.11. The minimum atomic E-state index is -0.250. The summed E-state index contributed by atoms with van der Waals surface area (Å²) in [6.45, 7) is 6.73. The molecule has 8 nitrogen and oxygen atoms in total. The van der Waals surface area contributed by atoms with Crippen LogP contribution in [0.25, 0.3) is 0 Å². The topological polar surface area (TPSA) is 83.1 Å². The molecule has 0 aliphatic carbocycles. The molecule has 3 aromatic carbocycles. The third-order valence-corrected chi connectivity index (χ3v) is 8.19. The van der Waals surface area contributed by atoms with Crippen molar-refractivity contribution in [1.82, 2.24) is 10.2 Å². The van der Waals surface area contributed by atoms with Gasteiger partial charge in [-0.3, -0.25) is 14.5 Å². The van der Waals surface area contributed by atoms with Gasteiger partial charge in [0.1, 0.15) is 5.75 Å². The van der Waals surface area contributed by atoms with Crippen LogP contribution in [0, 0.1) is 5.92 Å². The number of benzene rings is 3. The van der Waals surface area contributed by atoms with E-state index >= 15 is 0 Å². The normalized spacial score (nSPS) is 16.2. The third-order valence-electron chi connectivity index (χ3n) is 8.19. The Bertz CT molecular complexity index is 1320. The number of carbonyl (C=O) groups is 2. The summed E-state index contributed by atoms with van der Waals surface area (Å²) in [6, 6.07) is 23.4. The molecule has 2 aliphatic heterocycles. The Morgan fingerprint density at radius 3 is 2.45 bits per heavy atom. The van der Waals surface area contributed by atoms with E-state index in [1.807, 2.05) is 12.1 Å². The molecule has 2 amide bonds. The molecule has 5 rings (SSSR count). The van der Waals surface area contributed by atoms with Crippen molar-refractivity contribution in [3.05, 3.63) is 89.5 Å². The van der Waals surface area contributed by atoms with E-state index in [1.54, 1.807) is 37.4 Å². The lowest BCUT2D eigenvalue weighted by atomic mass is 9.89. The zero-order chi connectivity index (χ0) is 29.1. The van der Waals surface area contributed by atoms with Crippen LogP contribution in [0.5, 0.6) is 5.75 Å². The molecular formula is C34H42N4O4. The molecule has 2 aliphatic rings. The lowest BCUT2D eigenvalue weighted by Gasteiger charge is -2.35. The summed E-state index contributed by atoms with van der Waals surface area (Å²) in [5.74, 6) is 0.879. The quantitative estimate of drug-likeness (QED) is 0.321. The Labute approximate surface area is 249 Å². The Kier molecular flexibility index (Phi) is 10.5. The molecule has 0 unspecified atom stereocenters. The summed E-state index contributed by atoms with van der Waals surface area (Å²) >= 11 is 0. The monoisotopic (exact) mass is 570 g/mol. The van der Waals surface area contributed by atoms with E-state index in [4.69, 9.17) is 9.47 Å². The van der Waals surface area contributed by atoms with Gasteiger partial charge < -0.3 is 25.0 Å². The number of carbonyl (C=O) groups excluding carboxylic acids is 2. The van der Waals surface area contributed by atoms with Gasteiger partial charge >= 0.3 is 0 Å². The van der Waals surface area contributed by atoms with Crippen molar-refractivity contribution in [2.45, 2.75) is 25.7 Å². The Morgan fingerprint density at radius 1 is 0.905 bits per heavy atom. The lowest BCUT2D eigenvalue weighted by molar-refractivity contribution is 0.0374. The number of methoxy groups -OCH3 is 1. The second-order valence-electron chi connectivity index (χ2n) is 11.1. The van der Waals surface area contributed by atoms with Crippen LogP contribution in [0.4, 0.5) is 11.4 Å². The predicted molar refractivity (Wildman–Crippen MR) is 167 cm³/mol. The van der Waals surface area contributed by atoms with Crippen LogP contribution in [-0.4, -0.2) is 76.3 Å². The molecule has 8 heteroatoms. The number of piperidine rings is 1. The van der Waals surface area contributed by atoms with Gasteiger partial charge in [0.25, 0.3) is 11.8 Å². The molecule has 222 valence electrons. The fourth-order valence-corrected chi connectivity index (χ4v) is 5.79. The fourth-order valence-electron chi connectivity index (χ4n) is 5.79. The number of hydrogen-bond donors (Lipinski definition) is 2. The van der Waals surface area contributed by atoms with E-state index in [9.17, 15) is 9.59 Å². The number of hydrogen-bond acceptors (Lipinski definition) is 6. The second kappa shape index (κ2) is 14.8. The molecule has 3 aromatic rings. The summed E-state index contributed by atoms with van der Waals surface area (Å²) in [7, 11) is 1.58.